The van der Waals surface area contributed by atoms with Crippen molar-refractivity contribution in [3.05, 3.63) is 138 Å². The largest absolute Gasteiger partial charge is 0.481 e. The first kappa shape index (κ1) is 24.5. The van der Waals surface area contributed by atoms with E-state index in [1.54, 1.807) is 12.1 Å². The van der Waals surface area contributed by atoms with Gasteiger partial charge in [0.1, 0.15) is 11.7 Å². The van der Waals surface area contributed by atoms with E-state index < -0.39 is 11.9 Å². The van der Waals surface area contributed by atoms with Crippen LogP contribution in [0.25, 0.3) is 0 Å². The standard InChI is InChI=1S/2C15H14O2/c1-12(13-8-4-2-5-9-13)15(16)17-14-10-6-3-7-11-14;1-11-7-5-6-10-13(11)14(15(16)17)12-8-3-2-4-9-12/h2-12H,1H3;2-10,14H,1H3,(H,16,17). The van der Waals surface area contributed by atoms with Crippen molar-refractivity contribution in [3.8, 4) is 5.75 Å². The van der Waals surface area contributed by atoms with Crippen LogP contribution in [0.15, 0.2) is 115 Å². The minimum Gasteiger partial charge on any atom is -0.481 e. The third-order valence-corrected chi connectivity index (χ3v) is 5.49. The van der Waals surface area contributed by atoms with Gasteiger partial charge in [0.2, 0.25) is 0 Å². The van der Waals surface area contributed by atoms with E-state index in [9.17, 15) is 14.7 Å². The second kappa shape index (κ2) is 12.2. The zero-order valence-electron chi connectivity index (χ0n) is 19.3. The van der Waals surface area contributed by atoms with Gasteiger partial charge in [0.15, 0.2) is 0 Å². The highest BCUT2D eigenvalue weighted by Crippen LogP contribution is 2.27. The molecule has 4 heteroatoms. The summed E-state index contributed by atoms with van der Waals surface area (Å²) in [6.07, 6.45) is 0. The number of carboxylic acids is 1. The lowest BCUT2D eigenvalue weighted by molar-refractivity contribution is -0.138. The van der Waals surface area contributed by atoms with Gasteiger partial charge in [-0.05, 0) is 48.2 Å². The Labute approximate surface area is 200 Å². The van der Waals surface area contributed by atoms with Gasteiger partial charge in [-0.3, -0.25) is 9.59 Å². The van der Waals surface area contributed by atoms with Crippen LogP contribution in [0.4, 0.5) is 0 Å². The number of aliphatic carboxylic acids is 1. The molecule has 172 valence electrons. The Morgan fingerprint density at radius 2 is 1.15 bits per heavy atom. The molecule has 0 saturated carbocycles. The smallest absolute Gasteiger partial charge is 0.318 e. The predicted octanol–water partition coefficient (Wildman–Crippen LogP) is 6.61. The molecule has 0 amide bonds. The fourth-order valence-electron chi connectivity index (χ4n) is 3.58. The van der Waals surface area contributed by atoms with E-state index in [0.717, 1.165) is 22.3 Å². The summed E-state index contributed by atoms with van der Waals surface area (Å²) < 4.78 is 5.29. The average molecular weight is 453 g/mol. The van der Waals surface area contributed by atoms with Gasteiger partial charge in [0.05, 0.1) is 5.92 Å². The Morgan fingerprint density at radius 3 is 1.68 bits per heavy atom. The fourth-order valence-corrected chi connectivity index (χ4v) is 3.58. The third kappa shape index (κ3) is 6.66. The molecule has 4 nitrogen and oxygen atoms in total. The molecule has 2 atom stereocenters. The topological polar surface area (TPSA) is 63.6 Å². The van der Waals surface area contributed by atoms with Gasteiger partial charge >= 0.3 is 11.9 Å². The van der Waals surface area contributed by atoms with E-state index in [2.05, 4.69) is 0 Å². The number of aryl methyl sites for hydroxylation is 1. The van der Waals surface area contributed by atoms with Gasteiger partial charge in [0.25, 0.3) is 0 Å². The van der Waals surface area contributed by atoms with Crippen molar-refractivity contribution in [2.45, 2.75) is 25.7 Å². The normalized spacial score (nSPS) is 11.9. The molecular weight excluding hydrogens is 424 g/mol. The van der Waals surface area contributed by atoms with Crippen LogP contribution in [0, 0.1) is 6.92 Å². The molecule has 4 aromatic carbocycles. The van der Waals surface area contributed by atoms with Crippen LogP contribution in [-0.2, 0) is 9.59 Å². The van der Waals surface area contributed by atoms with Crippen molar-refractivity contribution in [1.82, 2.24) is 0 Å². The predicted molar refractivity (Wildman–Crippen MR) is 134 cm³/mol. The van der Waals surface area contributed by atoms with E-state index in [1.165, 1.54) is 0 Å². The summed E-state index contributed by atoms with van der Waals surface area (Å²) in [5.41, 5.74) is 3.64. The second-order valence-electron chi connectivity index (χ2n) is 7.91. The zero-order chi connectivity index (χ0) is 24.3. The van der Waals surface area contributed by atoms with Crippen LogP contribution in [0.5, 0.6) is 5.75 Å². The molecule has 1 N–H and O–H groups in total. The number of rotatable bonds is 6. The maximum atomic E-state index is 11.9. The molecule has 0 spiro atoms. The van der Waals surface area contributed by atoms with Gasteiger partial charge in [-0.2, -0.15) is 0 Å². The van der Waals surface area contributed by atoms with Crippen molar-refractivity contribution < 1.29 is 19.4 Å². The zero-order valence-corrected chi connectivity index (χ0v) is 19.3. The monoisotopic (exact) mass is 452 g/mol. The molecule has 0 radical (unpaired) electrons. The first-order valence-corrected chi connectivity index (χ1v) is 11.1. The van der Waals surface area contributed by atoms with E-state index in [-0.39, 0.29) is 11.9 Å². The highest BCUT2D eigenvalue weighted by atomic mass is 16.5. The van der Waals surface area contributed by atoms with Crippen LogP contribution >= 0.6 is 0 Å². The maximum Gasteiger partial charge on any atom is 0.318 e. The molecule has 34 heavy (non-hydrogen) atoms. The summed E-state index contributed by atoms with van der Waals surface area (Å²) in [4.78, 5) is 23.3. The number of hydrogen-bond donors (Lipinski definition) is 1. The van der Waals surface area contributed by atoms with Crippen LogP contribution in [0.2, 0.25) is 0 Å². The number of carbonyl (C=O) groups is 2. The number of benzene rings is 4. The van der Waals surface area contributed by atoms with Crippen LogP contribution in [0.1, 0.15) is 41.0 Å². The van der Waals surface area contributed by atoms with Crippen LogP contribution in [-0.4, -0.2) is 17.0 Å². The van der Waals surface area contributed by atoms with Crippen LogP contribution < -0.4 is 4.74 Å². The quantitative estimate of drug-likeness (QED) is 0.264. The molecule has 0 aliphatic carbocycles. The second-order valence-corrected chi connectivity index (χ2v) is 7.91. The summed E-state index contributed by atoms with van der Waals surface area (Å²) in [5.74, 6) is -1.30. The Morgan fingerprint density at radius 1 is 0.676 bits per heavy atom. The highest BCUT2D eigenvalue weighted by Gasteiger charge is 2.23. The Kier molecular flexibility index (Phi) is 8.75. The lowest BCUT2D eigenvalue weighted by Crippen LogP contribution is -2.16. The van der Waals surface area contributed by atoms with E-state index in [0.29, 0.717) is 5.75 Å². The fraction of sp³-hybridized carbons (Fsp3) is 0.133. The molecule has 0 bridgehead atoms. The van der Waals surface area contributed by atoms with E-state index >= 15 is 0 Å². The average Bonchev–Trinajstić information content (AvgIpc) is 2.87. The summed E-state index contributed by atoms with van der Waals surface area (Å²) in [5, 5.41) is 9.40. The van der Waals surface area contributed by atoms with Gasteiger partial charge < -0.3 is 9.84 Å². The minimum absolute atomic E-state index is 0.234. The molecule has 0 fully saturated rings. The van der Waals surface area contributed by atoms with Crippen molar-refractivity contribution >= 4 is 11.9 Å². The summed E-state index contributed by atoms with van der Waals surface area (Å²) >= 11 is 0. The molecule has 0 aliphatic heterocycles. The molecule has 0 aliphatic rings. The summed E-state index contributed by atoms with van der Waals surface area (Å²) in [7, 11) is 0. The van der Waals surface area contributed by atoms with Gasteiger partial charge in [-0.15, -0.1) is 0 Å². The number of hydrogen-bond acceptors (Lipinski definition) is 3. The van der Waals surface area contributed by atoms with Gasteiger partial charge in [-0.1, -0.05) is 103 Å². The summed E-state index contributed by atoms with van der Waals surface area (Å²) in [6.45, 7) is 3.79. The lowest BCUT2D eigenvalue weighted by Gasteiger charge is -2.15. The molecule has 4 rings (SSSR count). The van der Waals surface area contributed by atoms with Crippen molar-refractivity contribution in [3.63, 3.8) is 0 Å². The molecule has 0 saturated heterocycles. The van der Waals surface area contributed by atoms with E-state index in [1.807, 2.05) is 117 Å². The van der Waals surface area contributed by atoms with Crippen molar-refractivity contribution in [2.24, 2.45) is 0 Å². The first-order chi connectivity index (χ1) is 16.5. The van der Waals surface area contributed by atoms with Crippen molar-refractivity contribution in [2.75, 3.05) is 0 Å². The van der Waals surface area contributed by atoms with Crippen molar-refractivity contribution in [1.29, 1.82) is 0 Å². The number of esters is 1. The third-order valence-electron chi connectivity index (χ3n) is 5.49. The van der Waals surface area contributed by atoms with Crippen LogP contribution in [0.3, 0.4) is 0 Å². The lowest BCUT2D eigenvalue weighted by atomic mass is 9.89. The Balaban J connectivity index is 0.000000191. The highest BCUT2D eigenvalue weighted by molar-refractivity contribution is 5.81. The van der Waals surface area contributed by atoms with E-state index in [4.69, 9.17) is 4.74 Å². The number of ether oxygens (including phenoxy) is 1. The minimum atomic E-state index is -0.814. The van der Waals surface area contributed by atoms with Gasteiger partial charge in [-0.25, -0.2) is 0 Å². The number of carbonyl (C=O) groups excluding carboxylic acids is 1. The summed E-state index contributed by atoms with van der Waals surface area (Å²) in [6, 6.07) is 35.7. The Hall–Kier alpha value is -4.18. The number of para-hydroxylation sites is 1. The SMILES string of the molecule is CC(C(=O)Oc1ccccc1)c1ccccc1.Cc1ccccc1C(C(=O)O)c1ccccc1. The Bertz CT molecular complexity index is 1190. The number of carboxylic acid groups (broad SMARTS) is 1. The molecule has 2 unspecified atom stereocenters. The molecule has 0 aromatic heterocycles. The molecule has 0 heterocycles. The van der Waals surface area contributed by atoms with Gasteiger partial charge in [0, 0.05) is 0 Å². The first-order valence-electron chi connectivity index (χ1n) is 11.1. The molecular formula is C30H28O4. The maximum absolute atomic E-state index is 11.9. The molecule has 4 aromatic rings.